The summed E-state index contributed by atoms with van der Waals surface area (Å²) in [7, 11) is 0. The van der Waals surface area contributed by atoms with Crippen LogP contribution in [0.25, 0.3) is 11.5 Å². The quantitative estimate of drug-likeness (QED) is 0.813. The molecule has 0 N–H and O–H groups in total. The maximum absolute atomic E-state index is 5.42. The molecule has 1 saturated heterocycles. The highest BCUT2D eigenvalue weighted by molar-refractivity contribution is 5.59. The number of nitrogens with zero attached hydrogens (tertiary/aromatic N) is 3. The van der Waals surface area contributed by atoms with Crippen LogP contribution in [0.4, 0.5) is 5.69 Å². The van der Waals surface area contributed by atoms with Gasteiger partial charge in [0.25, 0.3) is 0 Å². The Hall–Kier alpha value is -1.84. The normalized spacial score (nSPS) is 15.9. The smallest absolute Gasteiger partial charge is 0.247 e. The Labute approximate surface area is 107 Å². The van der Waals surface area contributed by atoms with Crippen LogP contribution in [0.2, 0.25) is 0 Å². The van der Waals surface area contributed by atoms with Crippen LogP contribution in [0.15, 0.2) is 28.7 Å². The second-order valence-electron chi connectivity index (χ2n) is 4.72. The van der Waals surface area contributed by atoms with Crippen molar-refractivity contribution in [1.29, 1.82) is 0 Å². The van der Waals surface area contributed by atoms with Crippen LogP contribution in [0.3, 0.4) is 0 Å². The van der Waals surface area contributed by atoms with Gasteiger partial charge in [-0.1, -0.05) is 0 Å². The number of anilines is 1. The van der Waals surface area contributed by atoms with E-state index in [-0.39, 0.29) is 0 Å². The molecule has 0 bridgehead atoms. The number of hydrogen-bond acceptors (Lipinski definition) is 4. The Morgan fingerprint density at radius 3 is 2.33 bits per heavy atom. The summed E-state index contributed by atoms with van der Waals surface area (Å²) < 4.78 is 5.42. The maximum Gasteiger partial charge on any atom is 0.247 e. The highest BCUT2D eigenvalue weighted by Crippen LogP contribution is 2.24. The molecular weight excluding hydrogens is 226 g/mol. The molecule has 0 amide bonds. The standard InChI is InChI=1S/C14H17N3O/c1-11-15-16-14(18-11)12-5-7-13(8-6-12)17-9-3-2-4-10-17/h5-8H,2-4,9-10H2,1H3. The van der Waals surface area contributed by atoms with E-state index in [4.69, 9.17) is 4.42 Å². The Bertz CT molecular complexity index is 512. The van der Waals surface area contributed by atoms with Gasteiger partial charge in [0.1, 0.15) is 0 Å². The average molecular weight is 243 g/mol. The van der Waals surface area contributed by atoms with Crippen molar-refractivity contribution in [3.05, 3.63) is 30.2 Å². The third-order valence-corrected chi connectivity index (χ3v) is 3.36. The van der Waals surface area contributed by atoms with E-state index in [1.54, 1.807) is 6.92 Å². The monoisotopic (exact) mass is 243 g/mol. The molecule has 1 aromatic heterocycles. The molecule has 2 aromatic rings. The van der Waals surface area contributed by atoms with E-state index in [1.807, 2.05) is 0 Å². The second-order valence-corrected chi connectivity index (χ2v) is 4.72. The van der Waals surface area contributed by atoms with Crippen molar-refractivity contribution in [2.45, 2.75) is 26.2 Å². The predicted octanol–water partition coefficient (Wildman–Crippen LogP) is 3.04. The average Bonchev–Trinajstić information content (AvgIpc) is 2.87. The van der Waals surface area contributed by atoms with Crippen LogP contribution < -0.4 is 4.90 Å². The molecule has 18 heavy (non-hydrogen) atoms. The summed E-state index contributed by atoms with van der Waals surface area (Å²) >= 11 is 0. The summed E-state index contributed by atoms with van der Waals surface area (Å²) in [4.78, 5) is 2.44. The summed E-state index contributed by atoms with van der Waals surface area (Å²) in [6.45, 7) is 4.14. The number of piperidine rings is 1. The zero-order chi connectivity index (χ0) is 12.4. The molecule has 4 nitrogen and oxygen atoms in total. The Morgan fingerprint density at radius 2 is 1.72 bits per heavy atom. The van der Waals surface area contributed by atoms with E-state index < -0.39 is 0 Å². The third-order valence-electron chi connectivity index (χ3n) is 3.36. The van der Waals surface area contributed by atoms with Gasteiger partial charge < -0.3 is 9.32 Å². The summed E-state index contributed by atoms with van der Waals surface area (Å²) in [5, 5.41) is 7.88. The van der Waals surface area contributed by atoms with Crippen molar-refractivity contribution in [3.8, 4) is 11.5 Å². The first-order valence-electron chi connectivity index (χ1n) is 6.48. The molecular formula is C14H17N3O. The van der Waals surface area contributed by atoms with Gasteiger partial charge in [-0.05, 0) is 43.5 Å². The molecule has 0 spiro atoms. The minimum atomic E-state index is 0.595. The zero-order valence-electron chi connectivity index (χ0n) is 10.6. The number of aryl methyl sites for hydroxylation is 1. The van der Waals surface area contributed by atoms with Crippen molar-refractivity contribution in [2.24, 2.45) is 0 Å². The molecule has 1 fully saturated rings. The fourth-order valence-corrected chi connectivity index (χ4v) is 2.38. The van der Waals surface area contributed by atoms with Gasteiger partial charge in [0, 0.05) is 31.3 Å². The fourth-order valence-electron chi connectivity index (χ4n) is 2.38. The van der Waals surface area contributed by atoms with Gasteiger partial charge in [-0.15, -0.1) is 10.2 Å². The third kappa shape index (κ3) is 2.23. The van der Waals surface area contributed by atoms with Crippen LogP contribution in [0.5, 0.6) is 0 Å². The van der Waals surface area contributed by atoms with Gasteiger partial charge in [-0.25, -0.2) is 0 Å². The van der Waals surface area contributed by atoms with Crippen LogP contribution in [0, 0.1) is 6.92 Å². The highest BCUT2D eigenvalue weighted by atomic mass is 16.4. The lowest BCUT2D eigenvalue weighted by atomic mass is 10.1. The highest BCUT2D eigenvalue weighted by Gasteiger charge is 2.11. The van der Waals surface area contributed by atoms with Crippen molar-refractivity contribution in [1.82, 2.24) is 10.2 Å². The Kier molecular flexibility index (Phi) is 3.00. The van der Waals surface area contributed by atoms with Gasteiger partial charge in [0.2, 0.25) is 11.8 Å². The molecule has 0 radical (unpaired) electrons. The van der Waals surface area contributed by atoms with E-state index in [0.717, 1.165) is 5.56 Å². The number of aromatic nitrogens is 2. The van der Waals surface area contributed by atoms with Crippen LogP contribution in [-0.4, -0.2) is 23.3 Å². The van der Waals surface area contributed by atoms with E-state index in [0.29, 0.717) is 11.8 Å². The molecule has 0 atom stereocenters. The summed E-state index contributed by atoms with van der Waals surface area (Å²) in [6, 6.07) is 8.38. The minimum Gasteiger partial charge on any atom is -0.421 e. The molecule has 1 aliphatic heterocycles. The van der Waals surface area contributed by atoms with E-state index in [9.17, 15) is 0 Å². The van der Waals surface area contributed by atoms with Crippen LogP contribution >= 0.6 is 0 Å². The predicted molar refractivity (Wildman–Crippen MR) is 70.5 cm³/mol. The summed E-state index contributed by atoms with van der Waals surface area (Å²) in [5.41, 5.74) is 2.27. The lowest BCUT2D eigenvalue weighted by Crippen LogP contribution is -2.29. The summed E-state index contributed by atoms with van der Waals surface area (Å²) in [6.07, 6.45) is 3.95. The van der Waals surface area contributed by atoms with Gasteiger partial charge in [-0.3, -0.25) is 0 Å². The van der Waals surface area contributed by atoms with Gasteiger partial charge >= 0.3 is 0 Å². The second kappa shape index (κ2) is 4.80. The van der Waals surface area contributed by atoms with Crippen molar-refractivity contribution >= 4 is 5.69 Å². The van der Waals surface area contributed by atoms with E-state index in [2.05, 4.69) is 39.4 Å². The van der Waals surface area contributed by atoms with Crippen molar-refractivity contribution in [3.63, 3.8) is 0 Å². The molecule has 1 aromatic carbocycles. The topological polar surface area (TPSA) is 42.2 Å². The SMILES string of the molecule is Cc1nnc(-c2ccc(N3CCCCC3)cc2)o1. The number of hydrogen-bond donors (Lipinski definition) is 0. The minimum absolute atomic E-state index is 0.595. The molecule has 1 aliphatic rings. The summed E-state index contributed by atoms with van der Waals surface area (Å²) in [5.74, 6) is 1.20. The van der Waals surface area contributed by atoms with Gasteiger partial charge in [0.15, 0.2) is 0 Å². The van der Waals surface area contributed by atoms with Crippen LogP contribution in [-0.2, 0) is 0 Å². The van der Waals surface area contributed by atoms with Gasteiger partial charge in [0.05, 0.1) is 0 Å². The number of rotatable bonds is 2. The van der Waals surface area contributed by atoms with Gasteiger partial charge in [-0.2, -0.15) is 0 Å². The largest absolute Gasteiger partial charge is 0.421 e. The van der Waals surface area contributed by atoms with Crippen molar-refractivity contribution < 1.29 is 4.42 Å². The molecule has 2 heterocycles. The van der Waals surface area contributed by atoms with Crippen LogP contribution in [0.1, 0.15) is 25.2 Å². The zero-order valence-corrected chi connectivity index (χ0v) is 10.6. The first kappa shape index (κ1) is 11.3. The molecule has 0 unspecified atom stereocenters. The molecule has 94 valence electrons. The first-order chi connectivity index (χ1) is 8.83. The molecule has 4 heteroatoms. The van der Waals surface area contributed by atoms with E-state index in [1.165, 1.54) is 38.0 Å². The van der Waals surface area contributed by atoms with E-state index >= 15 is 0 Å². The fraction of sp³-hybridized carbons (Fsp3) is 0.429. The van der Waals surface area contributed by atoms with Crippen molar-refractivity contribution in [2.75, 3.05) is 18.0 Å². The Morgan fingerprint density at radius 1 is 1.00 bits per heavy atom. The lowest BCUT2D eigenvalue weighted by molar-refractivity contribution is 0.532. The maximum atomic E-state index is 5.42. The molecule has 0 aliphatic carbocycles. The number of benzene rings is 1. The molecule has 3 rings (SSSR count). The molecule has 0 saturated carbocycles. The first-order valence-corrected chi connectivity index (χ1v) is 6.48. The Balaban J connectivity index is 1.80. The lowest BCUT2D eigenvalue weighted by Gasteiger charge is -2.28.